The molecular weight excluding hydrogens is 348 g/mol. The summed E-state index contributed by atoms with van der Waals surface area (Å²) < 4.78 is 0. The van der Waals surface area contributed by atoms with Crippen molar-refractivity contribution in [2.45, 2.75) is 38.5 Å². The lowest BCUT2D eigenvalue weighted by Crippen LogP contribution is -2.42. The predicted octanol–water partition coefficient (Wildman–Crippen LogP) is 4.44. The van der Waals surface area contributed by atoms with E-state index in [0.29, 0.717) is 0 Å². The molecule has 4 heteroatoms. The first kappa shape index (κ1) is 18.7. The Hall–Kier alpha value is -2.62. The molecule has 0 atom stereocenters. The monoisotopic (exact) mass is 376 g/mol. The van der Waals surface area contributed by atoms with Crippen LogP contribution in [0.15, 0.2) is 54.6 Å². The second kappa shape index (κ2) is 8.17. The van der Waals surface area contributed by atoms with Crippen LogP contribution in [0.3, 0.4) is 0 Å². The van der Waals surface area contributed by atoms with Crippen LogP contribution < -0.4 is 9.80 Å². The summed E-state index contributed by atoms with van der Waals surface area (Å²) in [6.07, 6.45) is 5.27. The predicted molar refractivity (Wildman–Crippen MR) is 112 cm³/mol. The number of nitrogens with zero attached hydrogens (tertiary/aromatic N) is 2. The molecule has 0 spiro atoms. The number of carbonyl (C=O) groups excluding carboxylic acids is 2. The second-order valence-corrected chi connectivity index (χ2v) is 8.00. The summed E-state index contributed by atoms with van der Waals surface area (Å²) in [4.78, 5) is 29.8. The van der Waals surface area contributed by atoms with E-state index in [4.69, 9.17) is 0 Å². The number of anilines is 2. The van der Waals surface area contributed by atoms with Crippen molar-refractivity contribution in [3.8, 4) is 0 Å². The molecule has 0 saturated heterocycles. The van der Waals surface area contributed by atoms with E-state index in [1.165, 1.54) is 5.56 Å². The van der Waals surface area contributed by atoms with Gasteiger partial charge in [-0.1, -0.05) is 36.4 Å². The van der Waals surface area contributed by atoms with Crippen molar-refractivity contribution < 1.29 is 9.59 Å². The zero-order valence-electron chi connectivity index (χ0n) is 16.5. The highest BCUT2D eigenvalue weighted by molar-refractivity contribution is 5.97. The van der Waals surface area contributed by atoms with Crippen molar-refractivity contribution in [1.29, 1.82) is 0 Å². The number of fused-ring (bicyclic) bond motifs is 1. The molecular formula is C24H28N2O2. The summed E-state index contributed by atoms with van der Waals surface area (Å²) in [6, 6.07) is 18.0. The highest BCUT2D eigenvalue weighted by Crippen LogP contribution is 2.35. The molecule has 0 aromatic heterocycles. The molecule has 0 N–H and O–H groups in total. The van der Waals surface area contributed by atoms with Gasteiger partial charge in [0.05, 0.1) is 0 Å². The maximum absolute atomic E-state index is 13.2. The van der Waals surface area contributed by atoms with Gasteiger partial charge in [0.2, 0.25) is 11.8 Å². The van der Waals surface area contributed by atoms with E-state index >= 15 is 0 Å². The van der Waals surface area contributed by atoms with Gasteiger partial charge in [-0.2, -0.15) is 0 Å². The number of hydrogen-bond donors (Lipinski definition) is 0. The Bertz CT molecular complexity index is 841. The molecule has 2 aliphatic rings. The number of aryl methyl sites for hydroxylation is 1. The molecule has 28 heavy (non-hydrogen) atoms. The topological polar surface area (TPSA) is 40.6 Å². The number of amides is 2. The fourth-order valence-corrected chi connectivity index (χ4v) is 4.62. The van der Waals surface area contributed by atoms with E-state index in [1.54, 1.807) is 4.90 Å². The SMILES string of the molecule is CN(C(=O)C1CCC(C(=O)N2CCCc3ccccc32)CC1)c1ccccc1. The first-order valence-corrected chi connectivity index (χ1v) is 10.4. The number of benzene rings is 2. The third-order valence-electron chi connectivity index (χ3n) is 6.28. The molecule has 4 rings (SSSR count). The van der Waals surface area contributed by atoms with E-state index in [-0.39, 0.29) is 23.7 Å². The van der Waals surface area contributed by atoms with Crippen LogP contribution in [0, 0.1) is 11.8 Å². The van der Waals surface area contributed by atoms with Gasteiger partial charge in [-0.05, 0) is 62.3 Å². The molecule has 2 aromatic carbocycles. The number of hydrogen-bond acceptors (Lipinski definition) is 2. The van der Waals surface area contributed by atoms with Gasteiger partial charge in [-0.25, -0.2) is 0 Å². The molecule has 0 unspecified atom stereocenters. The quantitative estimate of drug-likeness (QED) is 0.795. The largest absolute Gasteiger partial charge is 0.315 e. The van der Waals surface area contributed by atoms with Gasteiger partial charge in [-0.15, -0.1) is 0 Å². The zero-order chi connectivity index (χ0) is 19.5. The van der Waals surface area contributed by atoms with Crippen LogP contribution in [0.1, 0.15) is 37.7 Å². The van der Waals surface area contributed by atoms with Crippen LogP contribution in [0.4, 0.5) is 11.4 Å². The fourth-order valence-electron chi connectivity index (χ4n) is 4.62. The second-order valence-electron chi connectivity index (χ2n) is 8.00. The van der Waals surface area contributed by atoms with Crippen LogP contribution in [-0.2, 0) is 16.0 Å². The van der Waals surface area contributed by atoms with Crippen LogP contribution in [-0.4, -0.2) is 25.4 Å². The third-order valence-corrected chi connectivity index (χ3v) is 6.28. The number of para-hydroxylation sites is 2. The van der Waals surface area contributed by atoms with Gasteiger partial charge in [-0.3, -0.25) is 9.59 Å². The Balaban J connectivity index is 1.38. The van der Waals surface area contributed by atoms with E-state index in [9.17, 15) is 9.59 Å². The van der Waals surface area contributed by atoms with Crippen LogP contribution in [0.25, 0.3) is 0 Å². The van der Waals surface area contributed by atoms with Crippen molar-refractivity contribution >= 4 is 23.2 Å². The molecule has 1 heterocycles. The molecule has 1 fully saturated rings. The van der Waals surface area contributed by atoms with Gasteiger partial charge in [0.1, 0.15) is 0 Å². The highest BCUT2D eigenvalue weighted by atomic mass is 16.2. The maximum atomic E-state index is 13.2. The Labute approximate surface area is 167 Å². The molecule has 0 radical (unpaired) electrons. The molecule has 0 bridgehead atoms. The molecule has 2 aromatic rings. The van der Waals surface area contributed by atoms with E-state index in [0.717, 1.165) is 56.4 Å². The Kier molecular flexibility index (Phi) is 5.47. The minimum absolute atomic E-state index is 0.0166. The lowest BCUT2D eigenvalue weighted by Gasteiger charge is -2.35. The van der Waals surface area contributed by atoms with Gasteiger partial charge in [0.15, 0.2) is 0 Å². The molecule has 1 saturated carbocycles. The Morgan fingerprint density at radius 3 is 2.29 bits per heavy atom. The summed E-state index contributed by atoms with van der Waals surface area (Å²) in [5, 5.41) is 0. The molecule has 1 aliphatic carbocycles. The van der Waals surface area contributed by atoms with Crippen molar-refractivity contribution in [3.63, 3.8) is 0 Å². The van der Waals surface area contributed by atoms with Crippen molar-refractivity contribution in [1.82, 2.24) is 0 Å². The first-order chi connectivity index (χ1) is 13.6. The standard InChI is InChI=1S/C24H28N2O2/c1-25(21-10-3-2-4-11-21)23(27)19-13-15-20(16-14-19)24(28)26-17-7-9-18-8-5-6-12-22(18)26/h2-6,8,10-12,19-20H,7,9,13-17H2,1H3. The average molecular weight is 377 g/mol. The third kappa shape index (κ3) is 3.68. The van der Waals surface area contributed by atoms with Crippen molar-refractivity contribution in [3.05, 3.63) is 60.2 Å². The van der Waals surface area contributed by atoms with Gasteiger partial charge >= 0.3 is 0 Å². The number of rotatable bonds is 3. The summed E-state index contributed by atoms with van der Waals surface area (Å²) >= 11 is 0. The summed E-state index contributed by atoms with van der Waals surface area (Å²) in [6.45, 7) is 0.811. The molecule has 1 aliphatic heterocycles. The lowest BCUT2D eigenvalue weighted by atomic mass is 9.80. The van der Waals surface area contributed by atoms with E-state index < -0.39 is 0 Å². The summed E-state index contributed by atoms with van der Waals surface area (Å²) in [7, 11) is 1.85. The van der Waals surface area contributed by atoms with E-state index in [2.05, 4.69) is 12.1 Å². The van der Waals surface area contributed by atoms with Crippen LogP contribution in [0.2, 0.25) is 0 Å². The molecule has 146 valence electrons. The van der Waals surface area contributed by atoms with Gasteiger partial charge < -0.3 is 9.80 Å². The average Bonchev–Trinajstić information content (AvgIpc) is 2.78. The Morgan fingerprint density at radius 2 is 1.54 bits per heavy atom. The van der Waals surface area contributed by atoms with E-state index in [1.807, 2.05) is 54.4 Å². The smallest absolute Gasteiger partial charge is 0.230 e. The number of carbonyl (C=O) groups is 2. The van der Waals surface area contributed by atoms with Crippen molar-refractivity contribution in [2.24, 2.45) is 11.8 Å². The lowest BCUT2D eigenvalue weighted by molar-refractivity contribution is -0.127. The summed E-state index contributed by atoms with van der Waals surface area (Å²) in [5.74, 6) is 0.468. The maximum Gasteiger partial charge on any atom is 0.230 e. The first-order valence-electron chi connectivity index (χ1n) is 10.4. The summed E-state index contributed by atoms with van der Waals surface area (Å²) in [5.41, 5.74) is 3.28. The highest BCUT2D eigenvalue weighted by Gasteiger charge is 2.34. The van der Waals surface area contributed by atoms with Gasteiger partial charge in [0, 0.05) is 36.8 Å². The van der Waals surface area contributed by atoms with Crippen LogP contribution in [0.5, 0.6) is 0 Å². The Morgan fingerprint density at radius 1 is 0.893 bits per heavy atom. The normalized spacial score (nSPS) is 21.7. The van der Waals surface area contributed by atoms with Crippen LogP contribution >= 0.6 is 0 Å². The molecule has 2 amide bonds. The van der Waals surface area contributed by atoms with Crippen molar-refractivity contribution in [2.75, 3.05) is 23.4 Å². The minimum Gasteiger partial charge on any atom is -0.315 e. The minimum atomic E-state index is 0.0166. The zero-order valence-corrected chi connectivity index (χ0v) is 16.5. The fraction of sp³-hybridized carbons (Fsp3) is 0.417. The van der Waals surface area contributed by atoms with Gasteiger partial charge in [0.25, 0.3) is 0 Å². The molecule has 4 nitrogen and oxygen atoms in total.